The summed E-state index contributed by atoms with van der Waals surface area (Å²) in [6.45, 7) is 0.200. The molecule has 3 aromatic rings. The number of Topliss-reactive ketones (excluding diaryl/α,β-unsaturated/α-hetero) is 1. The van der Waals surface area contributed by atoms with Gasteiger partial charge in [0.15, 0.2) is 5.78 Å². The number of aromatic nitrogens is 2. The molecule has 2 heterocycles. The van der Waals surface area contributed by atoms with Crippen LogP contribution in [0.4, 0.5) is 0 Å². The number of benzene rings is 1. The Bertz CT molecular complexity index is 793. The van der Waals surface area contributed by atoms with Crippen molar-refractivity contribution in [2.24, 2.45) is 0 Å². The number of carbonyl (C=O) groups excluding carboxylic acids is 2. The quantitative estimate of drug-likeness (QED) is 0.487. The summed E-state index contributed by atoms with van der Waals surface area (Å²) < 4.78 is 6.97. The second kappa shape index (κ2) is 7.70. The van der Waals surface area contributed by atoms with Crippen LogP contribution in [0.1, 0.15) is 28.1 Å². The van der Waals surface area contributed by atoms with Gasteiger partial charge in [-0.1, -0.05) is 18.2 Å². The van der Waals surface area contributed by atoms with Gasteiger partial charge >= 0.3 is 5.97 Å². The van der Waals surface area contributed by atoms with E-state index in [-0.39, 0.29) is 31.2 Å². The van der Waals surface area contributed by atoms with Crippen LogP contribution in [0.5, 0.6) is 0 Å². The van der Waals surface area contributed by atoms with Crippen molar-refractivity contribution in [2.45, 2.75) is 19.4 Å². The molecule has 3 rings (SSSR count). The van der Waals surface area contributed by atoms with Gasteiger partial charge in [-0.2, -0.15) is 5.10 Å². The Morgan fingerprint density at radius 3 is 2.58 bits per heavy atom. The number of nitrogens with zero attached hydrogens (tertiary/aromatic N) is 2. The molecule has 6 heteroatoms. The molecule has 0 aliphatic carbocycles. The fraction of sp³-hybridized carbons (Fsp3) is 0.167. The number of esters is 1. The van der Waals surface area contributed by atoms with Crippen LogP contribution in [-0.2, 0) is 16.1 Å². The highest BCUT2D eigenvalue weighted by molar-refractivity contribution is 7.12. The van der Waals surface area contributed by atoms with E-state index in [1.54, 1.807) is 16.9 Å². The third kappa shape index (κ3) is 4.17. The SMILES string of the molecule is O=C(CCC(=O)c1cccs1)OCc1ccc(-n2cccn2)cc1. The zero-order valence-corrected chi connectivity index (χ0v) is 13.7. The van der Waals surface area contributed by atoms with Gasteiger partial charge < -0.3 is 4.74 Å². The van der Waals surface area contributed by atoms with Crippen molar-refractivity contribution in [1.29, 1.82) is 0 Å². The summed E-state index contributed by atoms with van der Waals surface area (Å²) in [5, 5.41) is 6.00. The van der Waals surface area contributed by atoms with E-state index in [2.05, 4.69) is 5.10 Å². The number of hydrogen-bond acceptors (Lipinski definition) is 5. The summed E-state index contributed by atoms with van der Waals surface area (Å²) in [4.78, 5) is 24.3. The number of ketones is 1. The van der Waals surface area contributed by atoms with Crippen molar-refractivity contribution in [3.63, 3.8) is 0 Å². The second-order valence-corrected chi connectivity index (χ2v) is 6.13. The van der Waals surface area contributed by atoms with Crippen molar-refractivity contribution in [3.05, 3.63) is 70.7 Å². The Labute approximate surface area is 143 Å². The first-order valence-electron chi connectivity index (χ1n) is 7.53. The first kappa shape index (κ1) is 16.1. The predicted molar refractivity (Wildman–Crippen MR) is 91.2 cm³/mol. The number of carbonyl (C=O) groups is 2. The van der Waals surface area contributed by atoms with Crippen molar-refractivity contribution in [3.8, 4) is 5.69 Å². The maximum atomic E-state index is 11.8. The van der Waals surface area contributed by atoms with E-state index in [4.69, 9.17) is 4.74 Å². The standard InChI is InChI=1S/C18H16N2O3S/c21-16(17-3-1-12-24-17)8-9-18(22)23-13-14-4-6-15(7-5-14)20-11-2-10-19-20/h1-7,10-12H,8-9,13H2. The molecule has 122 valence electrons. The van der Waals surface area contributed by atoms with Crippen LogP contribution in [0.3, 0.4) is 0 Å². The minimum atomic E-state index is -0.365. The zero-order chi connectivity index (χ0) is 16.8. The molecule has 0 radical (unpaired) electrons. The summed E-state index contributed by atoms with van der Waals surface area (Å²) in [5.74, 6) is -0.387. The van der Waals surface area contributed by atoms with Gasteiger partial charge in [-0.3, -0.25) is 9.59 Å². The molecule has 0 aliphatic heterocycles. The van der Waals surface area contributed by atoms with Gasteiger partial charge in [0.1, 0.15) is 6.61 Å². The first-order valence-corrected chi connectivity index (χ1v) is 8.41. The fourth-order valence-corrected chi connectivity index (χ4v) is 2.87. The average molecular weight is 340 g/mol. The minimum absolute atomic E-state index is 0.0227. The number of ether oxygens (including phenoxy) is 1. The van der Waals surface area contributed by atoms with E-state index in [0.29, 0.717) is 4.88 Å². The Morgan fingerprint density at radius 1 is 1.08 bits per heavy atom. The normalized spacial score (nSPS) is 10.5. The topological polar surface area (TPSA) is 61.2 Å². The van der Waals surface area contributed by atoms with E-state index in [9.17, 15) is 9.59 Å². The summed E-state index contributed by atoms with van der Waals surface area (Å²) in [6, 6.07) is 13.0. The lowest BCUT2D eigenvalue weighted by Gasteiger charge is -2.06. The molecule has 5 nitrogen and oxygen atoms in total. The summed E-state index contributed by atoms with van der Waals surface area (Å²) in [5.41, 5.74) is 1.83. The molecule has 0 unspecified atom stereocenters. The van der Waals surface area contributed by atoms with Crippen LogP contribution in [0.15, 0.2) is 60.2 Å². The molecule has 0 saturated carbocycles. The summed E-state index contributed by atoms with van der Waals surface area (Å²) in [7, 11) is 0. The van der Waals surface area contributed by atoms with Crippen molar-refractivity contribution in [1.82, 2.24) is 9.78 Å². The molecule has 0 bridgehead atoms. The highest BCUT2D eigenvalue weighted by Gasteiger charge is 2.11. The van der Waals surface area contributed by atoms with Crippen LogP contribution in [0.25, 0.3) is 5.69 Å². The van der Waals surface area contributed by atoms with E-state index < -0.39 is 0 Å². The molecule has 24 heavy (non-hydrogen) atoms. The van der Waals surface area contributed by atoms with Gasteiger partial charge in [-0.25, -0.2) is 4.68 Å². The highest BCUT2D eigenvalue weighted by Crippen LogP contribution is 2.13. The first-order chi connectivity index (χ1) is 11.7. The average Bonchev–Trinajstić information content (AvgIpc) is 3.31. The Morgan fingerprint density at radius 2 is 1.92 bits per heavy atom. The third-order valence-electron chi connectivity index (χ3n) is 3.46. The van der Waals surface area contributed by atoms with Crippen LogP contribution >= 0.6 is 11.3 Å². The smallest absolute Gasteiger partial charge is 0.306 e. The van der Waals surface area contributed by atoms with E-state index in [1.165, 1.54) is 11.3 Å². The van der Waals surface area contributed by atoms with Crippen molar-refractivity contribution < 1.29 is 14.3 Å². The maximum absolute atomic E-state index is 11.8. The maximum Gasteiger partial charge on any atom is 0.306 e. The van der Waals surface area contributed by atoms with Crippen LogP contribution in [0, 0.1) is 0 Å². The van der Waals surface area contributed by atoms with E-state index >= 15 is 0 Å². The molecule has 0 saturated heterocycles. The Kier molecular flexibility index (Phi) is 5.18. The van der Waals surface area contributed by atoms with Gasteiger partial charge in [-0.15, -0.1) is 11.3 Å². The molecule has 0 N–H and O–H groups in total. The number of rotatable bonds is 7. The van der Waals surface area contributed by atoms with E-state index in [0.717, 1.165) is 11.3 Å². The van der Waals surface area contributed by atoms with Crippen molar-refractivity contribution >= 4 is 23.1 Å². The molecule has 0 amide bonds. The lowest BCUT2D eigenvalue weighted by molar-refractivity contribution is -0.144. The number of hydrogen-bond donors (Lipinski definition) is 0. The summed E-state index contributed by atoms with van der Waals surface area (Å²) >= 11 is 1.38. The Balaban J connectivity index is 1.45. The van der Waals surface area contributed by atoms with Gasteiger partial charge in [0.25, 0.3) is 0 Å². The largest absolute Gasteiger partial charge is 0.461 e. The molecule has 0 aliphatic rings. The molecule has 0 atom stereocenters. The molecular formula is C18H16N2O3S. The lowest BCUT2D eigenvalue weighted by atomic mass is 10.2. The van der Waals surface area contributed by atoms with Gasteiger partial charge in [0, 0.05) is 18.8 Å². The lowest BCUT2D eigenvalue weighted by Crippen LogP contribution is -2.07. The van der Waals surface area contributed by atoms with E-state index in [1.807, 2.05) is 48.0 Å². The van der Waals surface area contributed by atoms with Crippen LogP contribution < -0.4 is 0 Å². The third-order valence-corrected chi connectivity index (χ3v) is 4.37. The predicted octanol–water partition coefficient (Wildman–Crippen LogP) is 3.64. The molecule has 0 fully saturated rings. The van der Waals surface area contributed by atoms with Crippen LogP contribution in [0.2, 0.25) is 0 Å². The molecule has 1 aromatic carbocycles. The van der Waals surface area contributed by atoms with Gasteiger partial charge in [0.2, 0.25) is 0 Å². The van der Waals surface area contributed by atoms with Gasteiger partial charge in [0.05, 0.1) is 17.0 Å². The number of thiophene rings is 1. The Hall–Kier alpha value is -2.73. The zero-order valence-electron chi connectivity index (χ0n) is 12.9. The monoisotopic (exact) mass is 340 g/mol. The second-order valence-electron chi connectivity index (χ2n) is 5.18. The van der Waals surface area contributed by atoms with Gasteiger partial charge in [-0.05, 0) is 35.2 Å². The fourth-order valence-electron chi connectivity index (χ4n) is 2.18. The molecule has 0 spiro atoms. The minimum Gasteiger partial charge on any atom is -0.461 e. The molecule has 2 aromatic heterocycles. The molecular weight excluding hydrogens is 324 g/mol. The summed E-state index contributed by atoms with van der Waals surface area (Å²) in [6.07, 6.45) is 3.85. The highest BCUT2D eigenvalue weighted by atomic mass is 32.1. The van der Waals surface area contributed by atoms with Crippen molar-refractivity contribution in [2.75, 3.05) is 0 Å². The van der Waals surface area contributed by atoms with Crippen LogP contribution in [-0.4, -0.2) is 21.5 Å².